The lowest BCUT2D eigenvalue weighted by atomic mass is 10.2. The number of piperazine rings is 1. The Hall–Kier alpha value is -2.73. The predicted molar refractivity (Wildman–Crippen MR) is 111 cm³/mol. The number of para-hydroxylation sites is 1. The fourth-order valence-corrected chi connectivity index (χ4v) is 3.75. The lowest BCUT2D eigenvalue weighted by molar-refractivity contribution is 0.639. The second kappa shape index (κ2) is 7.48. The van der Waals surface area contributed by atoms with E-state index in [0.717, 1.165) is 55.5 Å². The molecule has 0 atom stereocenters. The standard InChI is InChI=1S/C20H22ClN5O/c1-2-3-9-25-10-8-15-18(25)22-20(23-19(15)27)26-13-11-24(12-14-26)17-7-5-4-6-16(17)21/h2,4-8,10H,1,3,9,11-14H2,(H,22,23,27). The predicted octanol–water partition coefficient (Wildman–Crippen LogP) is 3.28. The summed E-state index contributed by atoms with van der Waals surface area (Å²) in [6, 6.07) is 9.71. The minimum Gasteiger partial charge on any atom is -0.367 e. The Morgan fingerprint density at radius 2 is 1.89 bits per heavy atom. The van der Waals surface area contributed by atoms with E-state index in [4.69, 9.17) is 16.6 Å². The molecular formula is C20H22ClN5O. The molecule has 0 amide bonds. The van der Waals surface area contributed by atoms with Gasteiger partial charge in [-0.2, -0.15) is 4.98 Å². The van der Waals surface area contributed by atoms with Gasteiger partial charge in [0.2, 0.25) is 5.95 Å². The Balaban J connectivity index is 1.56. The van der Waals surface area contributed by atoms with E-state index in [9.17, 15) is 4.79 Å². The Labute approximate surface area is 162 Å². The lowest BCUT2D eigenvalue weighted by Gasteiger charge is -2.36. The zero-order valence-corrected chi connectivity index (χ0v) is 15.8. The maximum Gasteiger partial charge on any atom is 0.261 e. The molecule has 0 saturated carbocycles. The number of aromatic nitrogens is 3. The number of H-pyrrole nitrogens is 1. The summed E-state index contributed by atoms with van der Waals surface area (Å²) in [4.78, 5) is 24.5. The molecule has 0 aliphatic carbocycles. The first-order chi connectivity index (χ1) is 13.2. The van der Waals surface area contributed by atoms with E-state index in [2.05, 4.69) is 21.4 Å². The Kier molecular flexibility index (Phi) is 4.90. The fraction of sp³-hybridized carbons (Fsp3) is 0.300. The molecule has 1 N–H and O–H groups in total. The minimum absolute atomic E-state index is 0.0964. The number of aromatic amines is 1. The van der Waals surface area contributed by atoms with Gasteiger partial charge in [0, 0.05) is 38.9 Å². The van der Waals surface area contributed by atoms with Gasteiger partial charge in [0.25, 0.3) is 5.56 Å². The van der Waals surface area contributed by atoms with Crippen LogP contribution in [0, 0.1) is 0 Å². The van der Waals surface area contributed by atoms with Gasteiger partial charge in [0.1, 0.15) is 5.65 Å². The minimum atomic E-state index is -0.0964. The van der Waals surface area contributed by atoms with Crippen molar-refractivity contribution in [3.05, 3.63) is 64.6 Å². The van der Waals surface area contributed by atoms with Crippen LogP contribution in [-0.2, 0) is 6.54 Å². The molecule has 27 heavy (non-hydrogen) atoms. The molecule has 2 aromatic heterocycles. The van der Waals surface area contributed by atoms with Gasteiger partial charge in [-0.25, -0.2) is 0 Å². The fourth-order valence-electron chi connectivity index (χ4n) is 3.49. The number of benzene rings is 1. The van der Waals surface area contributed by atoms with Gasteiger partial charge in [0.15, 0.2) is 0 Å². The van der Waals surface area contributed by atoms with Crippen LogP contribution in [0.1, 0.15) is 6.42 Å². The van der Waals surface area contributed by atoms with Crippen molar-refractivity contribution < 1.29 is 0 Å². The van der Waals surface area contributed by atoms with Crippen LogP contribution in [0.5, 0.6) is 0 Å². The highest BCUT2D eigenvalue weighted by Gasteiger charge is 2.21. The van der Waals surface area contributed by atoms with Crippen molar-refractivity contribution in [2.45, 2.75) is 13.0 Å². The largest absolute Gasteiger partial charge is 0.367 e. The first-order valence-corrected chi connectivity index (χ1v) is 9.49. The van der Waals surface area contributed by atoms with Crippen molar-refractivity contribution in [1.29, 1.82) is 0 Å². The molecule has 140 valence electrons. The van der Waals surface area contributed by atoms with Crippen molar-refractivity contribution in [2.75, 3.05) is 36.0 Å². The van der Waals surface area contributed by atoms with Crippen LogP contribution in [0.4, 0.5) is 11.6 Å². The van der Waals surface area contributed by atoms with E-state index in [1.807, 2.05) is 47.2 Å². The second-order valence-electron chi connectivity index (χ2n) is 6.64. The van der Waals surface area contributed by atoms with Crippen LogP contribution in [0.25, 0.3) is 11.0 Å². The van der Waals surface area contributed by atoms with Crippen LogP contribution in [-0.4, -0.2) is 40.7 Å². The summed E-state index contributed by atoms with van der Waals surface area (Å²) >= 11 is 6.32. The molecule has 1 saturated heterocycles. The summed E-state index contributed by atoms with van der Waals surface area (Å²) in [7, 11) is 0. The number of fused-ring (bicyclic) bond motifs is 1. The number of aryl methyl sites for hydroxylation is 1. The second-order valence-corrected chi connectivity index (χ2v) is 7.05. The Morgan fingerprint density at radius 3 is 2.63 bits per heavy atom. The summed E-state index contributed by atoms with van der Waals surface area (Å²) in [6.45, 7) is 7.72. The normalized spacial score (nSPS) is 14.7. The average molecular weight is 384 g/mol. The number of nitrogens with zero attached hydrogens (tertiary/aromatic N) is 4. The number of allylic oxidation sites excluding steroid dienone is 1. The molecule has 0 radical (unpaired) electrons. The molecule has 3 aromatic rings. The molecule has 0 unspecified atom stereocenters. The van der Waals surface area contributed by atoms with Gasteiger partial charge in [-0.3, -0.25) is 9.78 Å². The quantitative estimate of drug-likeness (QED) is 0.687. The maximum absolute atomic E-state index is 12.5. The number of anilines is 2. The van der Waals surface area contributed by atoms with Gasteiger partial charge in [-0.15, -0.1) is 6.58 Å². The van der Waals surface area contributed by atoms with E-state index in [-0.39, 0.29) is 5.56 Å². The van der Waals surface area contributed by atoms with E-state index < -0.39 is 0 Å². The molecule has 1 aromatic carbocycles. The number of hydrogen-bond donors (Lipinski definition) is 1. The molecular weight excluding hydrogens is 362 g/mol. The molecule has 3 heterocycles. The number of rotatable bonds is 5. The zero-order chi connectivity index (χ0) is 18.8. The smallest absolute Gasteiger partial charge is 0.261 e. The third kappa shape index (κ3) is 3.45. The first-order valence-electron chi connectivity index (χ1n) is 9.12. The van der Waals surface area contributed by atoms with Gasteiger partial charge in [-0.1, -0.05) is 29.8 Å². The number of nitrogens with one attached hydrogen (secondary N) is 1. The summed E-state index contributed by atoms with van der Waals surface area (Å²) in [5.41, 5.74) is 1.68. The molecule has 4 rings (SSSR count). The van der Waals surface area contributed by atoms with Crippen LogP contribution >= 0.6 is 11.6 Å². The Morgan fingerprint density at radius 1 is 1.15 bits per heavy atom. The van der Waals surface area contributed by atoms with Gasteiger partial charge < -0.3 is 14.4 Å². The third-order valence-electron chi connectivity index (χ3n) is 4.96. The van der Waals surface area contributed by atoms with Crippen LogP contribution < -0.4 is 15.4 Å². The summed E-state index contributed by atoms with van der Waals surface area (Å²) in [5, 5.41) is 1.39. The molecule has 1 aliphatic rings. The SMILES string of the molecule is C=CCCn1ccc2c(=O)[nH]c(N3CCN(c4ccccc4Cl)CC3)nc21. The van der Waals surface area contributed by atoms with E-state index in [1.165, 1.54) is 0 Å². The van der Waals surface area contributed by atoms with E-state index in [1.54, 1.807) is 0 Å². The summed E-state index contributed by atoms with van der Waals surface area (Å²) < 4.78 is 2.01. The Bertz CT molecular complexity index is 1020. The van der Waals surface area contributed by atoms with Crippen molar-refractivity contribution >= 4 is 34.3 Å². The third-order valence-corrected chi connectivity index (χ3v) is 5.28. The topological polar surface area (TPSA) is 57.2 Å². The van der Waals surface area contributed by atoms with Crippen molar-refractivity contribution in [2.24, 2.45) is 0 Å². The highest BCUT2D eigenvalue weighted by molar-refractivity contribution is 6.33. The first kappa shape index (κ1) is 17.7. The van der Waals surface area contributed by atoms with Gasteiger partial charge in [-0.05, 0) is 24.6 Å². The van der Waals surface area contributed by atoms with Crippen molar-refractivity contribution in [1.82, 2.24) is 14.5 Å². The summed E-state index contributed by atoms with van der Waals surface area (Å²) in [6.07, 6.45) is 4.62. The van der Waals surface area contributed by atoms with Crippen LogP contribution in [0.15, 0.2) is 54.0 Å². The van der Waals surface area contributed by atoms with Crippen molar-refractivity contribution in [3.8, 4) is 0 Å². The molecule has 0 bridgehead atoms. The highest BCUT2D eigenvalue weighted by atomic mass is 35.5. The van der Waals surface area contributed by atoms with Gasteiger partial charge in [0.05, 0.1) is 16.1 Å². The zero-order valence-electron chi connectivity index (χ0n) is 15.1. The number of hydrogen-bond acceptors (Lipinski definition) is 4. The van der Waals surface area contributed by atoms with E-state index >= 15 is 0 Å². The van der Waals surface area contributed by atoms with Gasteiger partial charge >= 0.3 is 0 Å². The lowest BCUT2D eigenvalue weighted by Crippen LogP contribution is -2.47. The monoisotopic (exact) mass is 383 g/mol. The van der Waals surface area contributed by atoms with Crippen LogP contribution in [0.2, 0.25) is 5.02 Å². The molecule has 7 heteroatoms. The highest BCUT2D eigenvalue weighted by Crippen LogP contribution is 2.26. The summed E-state index contributed by atoms with van der Waals surface area (Å²) in [5.74, 6) is 0.630. The number of halogens is 1. The van der Waals surface area contributed by atoms with Crippen molar-refractivity contribution in [3.63, 3.8) is 0 Å². The molecule has 0 spiro atoms. The average Bonchev–Trinajstić information content (AvgIpc) is 3.10. The van der Waals surface area contributed by atoms with E-state index in [0.29, 0.717) is 11.3 Å². The molecule has 6 nitrogen and oxygen atoms in total. The maximum atomic E-state index is 12.5. The van der Waals surface area contributed by atoms with Crippen LogP contribution in [0.3, 0.4) is 0 Å². The molecule has 1 aliphatic heterocycles. The molecule has 1 fully saturated rings.